The van der Waals surface area contributed by atoms with Crippen molar-refractivity contribution in [3.8, 4) is 22.6 Å². The highest BCUT2D eigenvalue weighted by Crippen LogP contribution is 2.29. The molecule has 0 atom stereocenters. The SMILES string of the molecule is Oc1ccc2c(Cc3ccc(-c4ccccc4)cc3)cc(O)cc2c1. The lowest BCUT2D eigenvalue weighted by Crippen LogP contribution is -1.90. The molecule has 4 rings (SSSR count). The number of aromatic hydroxyl groups is 2. The monoisotopic (exact) mass is 326 g/mol. The second-order valence-electron chi connectivity index (χ2n) is 6.25. The molecule has 0 saturated carbocycles. The van der Waals surface area contributed by atoms with Gasteiger partial charge in [-0.1, -0.05) is 60.7 Å². The van der Waals surface area contributed by atoms with Gasteiger partial charge in [0, 0.05) is 0 Å². The standard InChI is InChI=1S/C23H18O2/c24-21-10-11-23-19(14-22(25)15-20(23)13-21)12-16-6-8-18(9-7-16)17-4-2-1-3-5-17/h1-11,13-15,24-25H,12H2. The van der Waals surface area contributed by atoms with Gasteiger partial charge in [-0.3, -0.25) is 0 Å². The van der Waals surface area contributed by atoms with Gasteiger partial charge >= 0.3 is 0 Å². The van der Waals surface area contributed by atoms with E-state index in [1.165, 1.54) is 16.7 Å². The average molecular weight is 326 g/mol. The Morgan fingerprint density at radius 1 is 0.600 bits per heavy atom. The Balaban J connectivity index is 1.67. The first kappa shape index (κ1) is 15.3. The Bertz CT molecular complexity index is 1010. The van der Waals surface area contributed by atoms with E-state index in [1.54, 1.807) is 24.3 Å². The zero-order chi connectivity index (χ0) is 17.2. The van der Waals surface area contributed by atoms with E-state index in [9.17, 15) is 10.2 Å². The molecule has 25 heavy (non-hydrogen) atoms. The molecule has 0 heterocycles. The van der Waals surface area contributed by atoms with Crippen molar-refractivity contribution in [3.05, 3.63) is 96.1 Å². The zero-order valence-electron chi connectivity index (χ0n) is 13.7. The topological polar surface area (TPSA) is 40.5 Å². The third-order valence-electron chi connectivity index (χ3n) is 4.46. The molecule has 0 aliphatic rings. The third-order valence-corrected chi connectivity index (χ3v) is 4.46. The molecule has 2 heteroatoms. The largest absolute Gasteiger partial charge is 0.508 e. The molecule has 0 radical (unpaired) electrons. The van der Waals surface area contributed by atoms with Crippen molar-refractivity contribution < 1.29 is 10.2 Å². The molecule has 0 aliphatic carbocycles. The van der Waals surface area contributed by atoms with E-state index < -0.39 is 0 Å². The predicted octanol–water partition coefficient (Wildman–Crippen LogP) is 5.51. The maximum atomic E-state index is 9.99. The Kier molecular flexibility index (Phi) is 3.87. The summed E-state index contributed by atoms with van der Waals surface area (Å²) in [5, 5.41) is 21.5. The summed E-state index contributed by atoms with van der Waals surface area (Å²) in [6.07, 6.45) is 0.727. The van der Waals surface area contributed by atoms with Crippen LogP contribution in [0.4, 0.5) is 0 Å². The lowest BCUT2D eigenvalue weighted by atomic mass is 9.96. The van der Waals surface area contributed by atoms with E-state index in [2.05, 4.69) is 36.4 Å². The smallest absolute Gasteiger partial charge is 0.116 e. The molecule has 2 N–H and O–H groups in total. The number of hydrogen-bond acceptors (Lipinski definition) is 2. The van der Waals surface area contributed by atoms with Crippen LogP contribution in [-0.4, -0.2) is 10.2 Å². The molecule has 122 valence electrons. The van der Waals surface area contributed by atoms with E-state index in [0.717, 1.165) is 22.8 Å². The third kappa shape index (κ3) is 3.20. The average Bonchev–Trinajstić information content (AvgIpc) is 2.62. The van der Waals surface area contributed by atoms with Crippen LogP contribution in [0.3, 0.4) is 0 Å². The van der Waals surface area contributed by atoms with Gasteiger partial charge in [0.25, 0.3) is 0 Å². The van der Waals surface area contributed by atoms with Crippen LogP contribution in [0.1, 0.15) is 11.1 Å². The van der Waals surface area contributed by atoms with Crippen molar-refractivity contribution >= 4 is 10.8 Å². The fraction of sp³-hybridized carbons (Fsp3) is 0.0435. The van der Waals surface area contributed by atoms with Crippen LogP contribution < -0.4 is 0 Å². The first-order chi connectivity index (χ1) is 12.2. The van der Waals surface area contributed by atoms with Gasteiger partial charge in [0.15, 0.2) is 0 Å². The fourth-order valence-corrected chi connectivity index (χ4v) is 3.23. The van der Waals surface area contributed by atoms with Crippen LogP contribution in [0.25, 0.3) is 21.9 Å². The highest BCUT2D eigenvalue weighted by atomic mass is 16.3. The summed E-state index contributed by atoms with van der Waals surface area (Å²) in [6.45, 7) is 0. The van der Waals surface area contributed by atoms with Crippen molar-refractivity contribution in [1.82, 2.24) is 0 Å². The molecule has 0 aliphatic heterocycles. The lowest BCUT2D eigenvalue weighted by molar-refractivity contribution is 0.474. The summed E-state index contributed by atoms with van der Waals surface area (Å²) in [7, 11) is 0. The second kappa shape index (κ2) is 6.33. The molecular formula is C23H18O2. The fourth-order valence-electron chi connectivity index (χ4n) is 3.23. The van der Waals surface area contributed by atoms with E-state index in [-0.39, 0.29) is 11.5 Å². The molecule has 4 aromatic carbocycles. The predicted molar refractivity (Wildman–Crippen MR) is 102 cm³/mol. The summed E-state index contributed by atoms with van der Waals surface area (Å²) < 4.78 is 0. The summed E-state index contributed by atoms with van der Waals surface area (Å²) in [5.41, 5.74) is 4.62. The van der Waals surface area contributed by atoms with Crippen LogP contribution in [-0.2, 0) is 6.42 Å². The summed E-state index contributed by atoms with van der Waals surface area (Å²) in [4.78, 5) is 0. The number of fused-ring (bicyclic) bond motifs is 1. The van der Waals surface area contributed by atoms with Gasteiger partial charge in [-0.15, -0.1) is 0 Å². The summed E-state index contributed by atoms with van der Waals surface area (Å²) >= 11 is 0. The van der Waals surface area contributed by atoms with E-state index in [0.29, 0.717) is 0 Å². The maximum Gasteiger partial charge on any atom is 0.116 e. The van der Waals surface area contributed by atoms with Gasteiger partial charge in [-0.2, -0.15) is 0 Å². The number of phenols is 2. The Morgan fingerprint density at radius 2 is 1.28 bits per heavy atom. The zero-order valence-corrected chi connectivity index (χ0v) is 13.7. The van der Waals surface area contributed by atoms with Crippen molar-refractivity contribution in [1.29, 1.82) is 0 Å². The van der Waals surface area contributed by atoms with Crippen LogP contribution in [0.15, 0.2) is 84.9 Å². The van der Waals surface area contributed by atoms with E-state index in [1.807, 2.05) is 24.3 Å². The van der Waals surface area contributed by atoms with E-state index >= 15 is 0 Å². The van der Waals surface area contributed by atoms with Crippen LogP contribution >= 0.6 is 0 Å². The van der Waals surface area contributed by atoms with Gasteiger partial charge in [-0.05, 0) is 63.7 Å². The van der Waals surface area contributed by atoms with Gasteiger partial charge < -0.3 is 10.2 Å². The van der Waals surface area contributed by atoms with Crippen molar-refractivity contribution in [2.24, 2.45) is 0 Å². The molecule has 0 aromatic heterocycles. The van der Waals surface area contributed by atoms with Crippen molar-refractivity contribution in [2.75, 3.05) is 0 Å². The van der Waals surface area contributed by atoms with Gasteiger partial charge in [0.2, 0.25) is 0 Å². The highest BCUT2D eigenvalue weighted by molar-refractivity contribution is 5.88. The Morgan fingerprint density at radius 3 is 2.04 bits per heavy atom. The molecule has 0 saturated heterocycles. The maximum absolute atomic E-state index is 9.99. The molecule has 2 nitrogen and oxygen atoms in total. The minimum absolute atomic E-state index is 0.205. The molecule has 0 unspecified atom stereocenters. The van der Waals surface area contributed by atoms with Crippen LogP contribution in [0.2, 0.25) is 0 Å². The number of hydrogen-bond donors (Lipinski definition) is 2. The van der Waals surface area contributed by atoms with Crippen LogP contribution in [0, 0.1) is 0 Å². The number of phenolic OH excluding ortho intramolecular Hbond substituents is 2. The Hall–Kier alpha value is -3.26. The van der Waals surface area contributed by atoms with Crippen LogP contribution in [0.5, 0.6) is 11.5 Å². The van der Waals surface area contributed by atoms with Crippen molar-refractivity contribution in [3.63, 3.8) is 0 Å². The molecule has 0 bridgehead atoms. The second-order valence-corrected chi connectivity index (χ2v) is 6.25. The summed E-state index contributed by atoms with van der Waals surface area (Å²) in [6, 6.07) is 27.5. The molecule has 4 aromatic rings. The molecule has 0 spiro atoms. The first-order valence-corrected chi connectivity index (χ1v) is 8.28. The highest BCUT2D eigenvalue weighted by Gasteiger charge is 2.06. The number of benzene rings is 4. The van der Waals surface area contributed by atoms with Gasteiger partial charge in [-0.25, -0.2) is 0 Å². The number of rotatable bonds is 3. The van der Waals surface area contributed by atoms with Gasteiger partial charge in [0.05, 0.1) is 0 Å². The molecule has 0 fully saturated rings. The lowest BCUT2D eigenvalue weighted by Gasteiger charge is -2.09. The quantitative estimate of drug-likeness (QED) is 0.521. The normalized spacial score (nSPS) is 10.9. The molecular weight excluding hydrogens is 308 g/mol. The van der Waals surface area contributed by atoms with Crippen molar-refractivity contribution in [2.45, 2.75) is 6.42 Å². The Labute approximate surface area is 146 Å². The van der Waals surface area contributed by atoms with Gasteiger partial charge in [0.1, 0.15) is 11.5 Å². The minimum atomic E-state index is 0.205. The summed E-state index contributed by atoms with van der Waals surface area (Å²) in [5.74, 6) is 0.422. The minimum Gasteiger partial charge on any atom is -0.508 e. The first-order valence-electron chi connectivity index (χ1n) is 8.28. The molecule has 0 amide bonds. The van der Waals surface area contributed by atoms with E-state index in [4.69, 9.17) is 0 Å².